The smallest absolute Gasteiger partial charge is 0.0409 e. The summed E-state index contributed by atoms with van der Waals surface area (Å²) in [5.41, 5.74) is 3.48. The molecule has 1 nitrogen and oxygen atoms in total. The van der Waals surface area contributed by atoms with Crippen LogP contribution in [0.4, 0.5) is 0 Å². The molecule has 1 fully saturated rings. The Balaban J connectivity index is 2.10. The quantitative estimate of drug-likeness (QED) is 0.766. The van der Waals surface area contributed by atoms with E-state index in [1.54, 1.807) is 5.56 Å². The Bertz CT molecular complexity index is 396. The zero-order chi connectivity index (χ0) is 10.5. The molecule has 2 heteroatoms. The highest BCUT2D eigenvalue weighted by Crippen LogP contribution is 2.56. The molecule has 1 unspecified atom stereocenters. The Morgan fingerprint density at radius 3 is 2.80 bits per heavy atom. The molecule has 3 rings (SSSR count). The second kappa shape index (κ2) is 3.23. The third kappa shape index (κ3) is 1.26. The third-order valence-electron chi connectivity index (χ3n) is 4.21. The first-order valence-electron chi connectivity index (χ1n) is 5.72. The molecule has 0 radical (unpaired) electrons. The summed E-state index contributed by atoms with van der Waals surface area (Å²) in [6, 6.07) is 6.94. The second-order valence-corrected chi connectivity index (χ2v) is 5.35. The van der Waals surface area contributed by atoms with Gasteiger partial charge in [0.25, 0.3) is 0 Å². The Labute approximate surface area is 95.8 Å². The lowest BCUT2D eigenvalue weighted by atomic mass is 9.65. The van der Waals surface area contributed by atoms with E-state index in [4.69, 9.17) is 11.6 Å². The van der Waals surface area contributed by atoms with Crippen molar-refractivity contribution in [3.05, 3.63) is 34.3 Å². The van der Waals surface area contributed by atoms with Crippen molar-refractivity contribution in [2.45, 2.75) is 37.1 Å². The van der Waals surface area contributed by atoms with E-state index in [0.29, 0.717) is 11.5 Å². The lowest BCUT2D eigenvalue weighted by Crippen LogP contribution is -2.32. The molecule has 0 bridgehead atoms. The van der Waals surface area contributed by atoms with Gasteiger partial charge in [-0.15, -0.1) is 0 Å². The van der Waals surface area contributed by atoms with Crippen molar-refractivity contribution in [2.24, 2.45) is 0 Å². The van der Waals surface area contributed by atoms with Gasteiger partial charge in [-0.3, -0.25) is 0 Å². The van der Waals surface area contributed by atoms with Crippen LogP contribution in [0.5, 0.6) is 0 Å². The van der Waals surface area contributed by atoms with Crippen LogP contribution in [-0.2, 0) is 5.41 Å². The molecule has 80 valence electrons. The van der Waals surface area contributed by atoms with Gasteiger partial charge < -0.3 is 5.32 Å². The van der Waals surface area contributed by atoms with Gasteiger partial charge in [0.2, 0.25) is 0 Å². The van der Waals surface area contributed by atoms with Crippen molar-refractivity contribution in [1.29, 1.82) is 0 Å². The average Bonchev–Trinajstić information content (AvgIpc) is 2.51. The van der Waals surface area contributed by atoms with Crippen molar-refractivity contribution in [3.8, 4) is 0 Å². The Hall–Kier alpha value is -0.530. The molecule has 1 spiro atoms. The largest absolute Gasteiger partial charge is 0.313 e. The highest BCUT2D eigenvalue weighted by Gasteiger charge is 2.47. The second-order valence-electron chi connectivity index (χ2n) is 4.91. The first-order chi connectivity index (χ1) is 7.25. The molecule has 1 aromatic rings. The molecule has 2 aliphatic rings. The number of nitrogens with one attached hydrogen (secondary N) is 1. The minimum atomic E-state index is 0.494. The predicted molar refractivity (Wildman–Crippen MR) is 63.4 cm³/mol. The number of rotatable bonds is 1. The van der Waals surface area contributed by atoms with E-state index < -0.39 is 0 Å². The minimum Gasteiger partial charge on any atom is -0.313 e. The Morgan fingerprint density at radius 1 is 1.40 bits per heavy atom. The lowest BCUT2D eigenvalue weighted by Gasteiger charge is -2.39. The molecule has 0 heterocycles. The maximum atomic E-state index is 6.07. The van der Waals surface area contributed by atoms with Gasteiger partial charge in [0.15, 0.2) is 0 Å². The number of hydrogen-bond donors (Lipinski definition) is 1. The van der Waals surface area contributed by atoms with Crippen LogP contribution in [-0.4, -0.2) is 7.05 Å². The minimum absolute atomic E-state index is 0.494. The van der Waals surface area contributed by atoms with Crippen LogP contribution in [0.2, 0.25) is 5.02 Å². The molecule has 1 atom stereocenters. The van der Waals surface area contributed by atoms with Crippen molar-refractivity contribution >= 4 is 11.6 Å². The zero-order valence-corrected chi connectivity index (χ0v) is 9.77. The Morgan fingerprint density at radius 2 is 2.20 bits per heavy atom. The van der Waals surface area contributed by atoms with Crippen LogP contribution >= 0.6 is 11.6 Å². The van der Waals surface area contributed by atoms with Crippen molar-refractivity contribution in [2.75, 3.05) is 7.05 Å². The molecule has 1 saturated carbocycles. The number of halogens is 1. The third-order valence-corrected chi connectivity index (χ3v) is 4.45. The van der Waals surface area contributed by atoms with Crippen LogP contribution in [0.1, 0.15) is 42.9 Å². The fourth-order valence-electron chi connectivity index (χ4n) is 3.25. The first kappa shape index (κ1) is 9.68. The SMILES string of the molecule is CNC1CC2(CCC2)c2ccc(Cl)cc21. The van der Waals surface area contributed by atoms with Gasteiger partial charge in [0, 0.05) is 11.1 Å². The van der Waals surface area contributed by atoms with Gasteiger partial charge in [0.05, 0.1) is 0 Å². The molecule has 15 heavy (non-hydrogen) atoms. The predicted octanol–water partition coefficient (Wildman–Crippen LogP) is 3.43. The molecule has 0 saturated heterocycles. The van der Waals surface area contributed by atoms with Crippen molar-refractivity contribution in [3.63, 3.8) is 0 Å². The first-order valence-corrected chi connectivity index (χ1v) is 6.10. The van der Waals surface area contributed by atoms with Gasteiger partial charge in [-0.25, -0.2) is 0 Å². The average molecular weight is 222 g/mol. The van der Waals surface area contributed by atoms with Gasteiger partial charge in [-0.2, -0.15) is 0 Å². The van der Waals surface area contributed by atoms with E-state index in [0.717, 1.165) is 5.02 Å². The molecule has 2 aliphatic carbocycles. The van der Waals surface area contributed by atoms with Gasteiger partial charge >= 0.3 is 0 Å². The summed E-state index contributed by atoms with van der Waals surface area (Å²) in [7, 11) is 2.05. The van der Waals surface area contributed by atoms with Gasteiger partial charge in [-0.05, 0) is 55.0 Å². The number of benzene rings is 1. The number of fused-ring (bicyclic) bond motifs is 2. The van der Waals surface area contributed by atoms with Crippen LogP contribution < -0.4 is 5.32 Å². The highest BCUT2D eigenvalue weighted by atomic mass is 35.5. The van der Waals surface area contributed by atoms with E-state index in [2.05, 4.69) is 17.4 Å². The molecule has 1 N–H and O–H groups in total. The fourth-order valence-corrected chi connectivity index (χ4v) is 3.43. The summed E-state index contributed by atoms with van der Waals surface area (Å²) >= 11 is 6.07. The molecule has 0 amide bonds. The van der Waals surface area contributed by atoms with Crippen molar-refractivity contribution in [1.82, 2.24) is 5.32 Å². The van der Waals surface area contributed by atoms with E-state index in [1.807, 2.05) is 13.1 Å². The maximum absolute atomic E-state index is 6.07. The van der Waals surface area contributed by atoms with Crippen LogP contribution in [0.3, 0.4) is 0 Å². The Kier molecular flexibility index (Phi) is 2.08. The van der Waals surface area contributed by atoms with Crippen molar-refractivity contribution < 1.29 is 0 Å². The summed E-state index contributed by atoms with van der Waals surface area (Å²) in [6.45, 7) is 0. The zero-order valence-electron chi connectivity index (χ0n) is 9.02. The molecular formula is C13H16ClN. The monoisotopic (exact) mass is 221 g/mol. The van der Waals surface area contributed by atoms with Crippen LogP contribution in [0.25, 0.3) is 0 Å². The van der Waals surface area contributed by atoms with Gasteiger partial charge in [0.1, 0.15) is 0 Å². The van der Waals surface area contributed by atoms with E-state index in [9.17, 15) is 0 Å². The van der Waals surface area contributed by atoms with E-state index >= 15 is 0 Å². The van der Waals surface area contributed by atoms with Crippen LogP contribution in [0.15, 0.2) is 18.2 Å². The topological polar surface area (TPSA) is 12.0 Å². The summed E-state index contributed by atoms with van der Waals surface area (Å²) < 4.78 is 0. The summed E-state index contributed by atoms with van der Waals surface area (Å²) in [6.07, 6.45) is 5.37. The molecule has 0 aromatic heterocycles. The van der Waals surface area contributed by atoms with Gasteiger partial charge in [-0.1, -0.05) is 24.1 Å². The van der Waals surface area contributed by atoms with Crippen LogP contribution in [0, 0.1) is 0 Å². The molecule has 1 aromatic carbocycles. The molecule has 0 aliphatic heterocycles. The van der Waals surface area contributed by atoms with E-state index in [-0.39, 0.29) is 0 Å². The maximum Gasteiger partial charge on any atom is 0.0409 e. The summed E-state index contributed by atoms with van der Waals surface area (Å²) in [4.78, 5) is 0. The molecular weight excluding hydrogens is 206 g/mol. The summed E-state index contributed by atoms with van der Waals surface area (Å²) in [5.74, 6) is 0. The highest BCUT2D eigenvalue weighted by molar-refractivity contribution is 6.30. The normalized spacial score (nSPS) is 26.4. The summed E-state index contributed by atoms with van der Waals surface area (Å²) in [5, 5.41) is 4.28. The fraction of sp³-hybridized carbons (Fsp3) is 0.538. The number of hydrogen-bond acceptors (Lipinski definition) is 1. The van der Waals surface area contributed by atoms with E-state index in [1.165, 1.54) is 31.2 Å². The lowest BCUT2D eigenvalue weighted by molar-refractivity contribution is 0.227. The standard InChI is InChI=1S/C13H16ClN/c1-15-12-8-13(5-2-6-13)11-4-3-9(14)7-10(11)12/h3-4,7,12,15H,2,5-6,8H2,1H3.